The maximum absolute atomic E-state index is 4.32. The number of nitrogens with zero attached hydrogens (tertiary/aromatic N) is 1. The van der Waals surface area contributed by atoms with Crippen LogP contribution in [0.5, 0.6) is 0 Å². The van der Waals surface area contributed by atoms with E-state index in [9.17, 15) is 0 Å². The van der Waals surface area contributed by atoms with Gasteiger partial charge in [0.05, 0.1) is 0 Å². The Hall–Kier alpha value is -0.980. The molecule has 0 aliphatic heterocycles. The van der Waals surface area contributed by atoms with Crippen LogP contribution in [-0.4, -0.2) is 17.0 Å². The Morgan fingerprint density at radius 3 is 2.23 bits per heavy atom. The van der Waals surface area contributed by atoms with Crippen LogP contribution in [0.4, 0.5) is 0 Å². The molecule has 2 atom stereocenters. The van der Waals surface area contributed by atoms with E-state index in [1.165, 1.54) is 30.4 Å². The molecular formula is C21H37N. The molecule has 2 unspecified atom stereocenters. The third kappa shape index (κ3) is 5.66. The molecule has 0 N–H and O–H groups in total. The lowest BCUT2D eigenvalue weighted by Crippen LogP contribution is -2.41. The molecule has 0 amide bonds. The van der Waals surface area contributed by atoms with Crippen molar-refractivity contribution in [1.29, 1.82) is 0 Å². The minimum absolute atomic E-state index is 0.131. The lowest BCUT2D eigenvalue weighted by atomic mass is 9.97. The third-order valence-corrected chi connectivity index (χ3v) is 4.82. The molecule has 0 aromatic heterocycles. The fourth-order valence-electron chi connectivity index (χ4n) is 3.24. The van der Waals surface area contributed by atoms with Crippen LogP contribution >= 0.6 is 0 Å². The van der Waals surface area contributed by atoms with Crippen molar-refractivity contribution >= 4 is 0 Å². The topological polar surface area (TPSA) is 3.24 Å². The first-order chi connectivity index (χ1) is 9.95. The van der Waals surface area contributed by atoms with Crippen molar-refractivity contribution in [1.82, 2.24) is 4.90 Å². The van der Waals surface area contributed by atoms with Gasteiger partial charge in [-0.15, -0.1) is 0 Å². The number of allylic oxidation sites excluding steroid dienone is 4. The molecule has 1 saturated carbocycles. The Bertz CT molecular complexity index is 453. The summed E-state index contributed by atoms with van der Waals surface area (Å²) in [5.74, 6) is 0.805. The average molecular weight is 304 g/mol. The summed E-state index contributed by atoms with van der Waals surface area (Å²) in [5.41, 5.74) is 4.58. The van der Waals surface area contributed by atoms with E-state index < -0.39 is 0 Å². The van der Waals surface area contributed by atoms with E-state index in [1.807, 2.05) is 0 Å². The zero-order valence-electron chi connectivity index (χ0n) is 16.2. The highest BCUT2D eigenvalue weighted by Crippen LogP contribution is 2.56. The smallest absolute Gasteiger partial charge is 0.0317 e. The highest BCUT2D eigenvalue weighted by molar-refractivity contribution is 5.20. The molecular weight excluding hydrogens is 266 g/mol. The van der Waals surface area contributed by atoms with Gasteiger partial charge in [0.25, 0.3) is 0 Å². The van der Waals surface area contributed by atoms with Gasteiger partial charge in [-0.25, -0.2) is 0 Å². The van der Waals surface area contributed by atoms with Crippen LogP contribution < -0.4 is 0 Å². The first-order valence-corrected chi connectivity index (χ1v) is 8.70. The van der Waals surface area contributed by atoms with Gasteiger partial charge >= 0.3 is 0 Å². The van der Waals surface area contributed by atoms with E-state index in [2.05, 4.69) is 79.0 Å². The van der Waals surface area contributed by atoms with Gasteiger partial charge in [0.2, 0.25) is 0 Å². The monoisotopic (exact) mass is 303 g/mol. The number of hydrogen-bond donors (Lipinski definition) is 0. The lowest BCUT2D eigenvalue weighted by Gasteiger charge is -2.39. The SMILES string of the molecule is C=C(C=C(C)C)N(CC1CC1(C)CCC=C(C)C)C(C)(C)C. The molecule has 1 rings (SSSR count). The summed E-state index contributed by atoms with van der Waals surface area (Å²) in [6.07, 6.45) is 8.49. The Kier molecular flexibility index (Phi) is 6.12. The number of rotatable bonds is 7. The summed E-state index contributed by atoms with van der Waals surface area (Å²) in [6.45, 7) is 23.5. The molecule has 0 aromatic rings. The van der Waals surface area contributed by atoms with Gasteiger partial charge in [-0.05, 0) is 85.1 Å². The van der Waals surface area contributed by atoms with Gasteiger partial charge in [0, 0.05) is 17.8 Å². The fourth-order valence-corrected chi connectivity index (χ4v) is 3.24. The molecule has 1 fully saturated rings. The van der Waals surface area contributed by atoms with Crippen LogP contribution in [-0.2, 0) is 0 Å². The molecule has 0 heterocycles. The molecule has 0 saturated heterocycles. The molecule has 1 aliphatic carbocycles. The van der Waals surface area contributed by atoms with Gasteiger partial charge in [-0.2, -0.15) is 0 Å². The molecule has 0 radical (unpaired) electrons. The predicted molar refractivity (Wildman–Crippen MR) is 99.9 cm³/mol. The maximum Gasteiger partial charge on any atom is 0.0317 e. The fraction of sp³-hybridized carbons (Fsp3) is 0.714. The normalized spacial score (nSPS) is 23.7. The van der Waals surface area contributed by atoms with Crippen LogP contribution in [0, 0.1) is 11.3 Å². The van der Waals surface area contributed by atoms with Gasteiger partial charge < -0.3 is 4.90 Å². The van der Waals surface area contributed by atoms with Crippen molar-refractivity contribution in [3.63, 3.8) is 0 Å². The first-order valence-electron chi connectivity index (χ1n) is 8.70. The molecule has 0 bridgehead atoms. The van der Waals surface area contributed by atoms with Gasteiger partial charge in [0.15, 0.2) is 0 Å². The molecule has 1 aliphatic rings. The third-order valence-electron chi connectivity index (χ3n) is 4.82. The largest absolute Gasteiger partial charge is 0.367 e. The van der Waals surface area contributed by atoms with Crippen molar-refractivity contribution in [2.75, 3.05) is 6.54 Å². The van der Waals surface area contributed by atoms with Crippen LogP contribution in [0.25, 0.3) is 0 Å². The molecule has 0 spiro atoms. The average Bonchev–Trinajstić information content (AvgIpc) is 2.93. The standard InChI is InChI=1S/C21H37N/c1-16(2)11-10-12-21(9)14-19(21)15-22(20(6,7)8)18(5)13-17(3)4/h11,13,19H,5,10,12,14-15H2,1-4,6-9H3. The zero-order valence-corrected chi connectivity index (χ0v) is 16.2. The lowest BCUT2D eigenvalue weighted by molar-refractivity contribution is 0.175. The molecule has 22 heavy (non-hydrogen) atoms. The van der Waals surface area contributed by atoms with E-state index >= 15 is 0 Å². The first kappa shape index (κ1) is 19.1. The zero-order chi connectivity index (χ0) is 17.1. The summed E-state index contributed by atoms with van der Waals surface area (Å²) in [7, 11) is 0. The Balaban J connectivity index is 2.68. The Labute approximate surface area is 139 Å². The molecule has 126 valence electrons. The van der Waals surface area contributed by atoms with Crippen LogP contribution in [0.15, 0.2) is 35.6 Å². The van der Waals surface area contributed by atoms with Gasteiger partial charge in [-0.3, -0.25) is 0 Å². The second-order valence-electron chi connectivity index (χ2n) is 8.87. The van der Waals surface area contributed by atoms with E-state index in [1.54, 1.807) is 0 Å². The maximum atomic E-state index is 4.32. The van der Waals surface area contributed by atoms with E-state index in [4.69, 9.17) is 0 Å². The van der Waals surface area contributed by atoms with Crippen LogP contribution in [0.2, 0.25) is 0 Å². The second-order valence-corrected chi connectivity index (χ2v) is 8.87. The quantitative estimate of drug-likeness (QED) is 0.392. The molecule has 1 nitrogen and oxygen atoms in total. The summed E-state index contributed by atoms with van der Waals surface area (Å²) in [5, 5.41) is 0. The molecule has 0 aromatic carbocycles. The van der Waals surface area contributed by atoms with Crippen molar-refractivity contribution < 1.29 is 0 Å². The Morgan fingerprint density at radius 1 is 1.18 bits per heavy atom. The molecule has 1 heteroatoms. The summed E-state index contributed by atoms with van der Waals surface area (Å²) < 4.78 is 0. The minimum atomic E-state index is 0.131. The summed E-state index contributed by atoms with van der Waals surface area (Å²) in [4.78, 5) is 2.50. The van der Waals surface area contributed by atoms with Crippen molar-refractivity contribution in [2.45, 2.75) is 80.2 Å². The predicted octanol–water partition coefficient (Wildman–Crippen LogP) is 6.34. The van der Waals surface area contributed by atoms with Crippen LogP contribution in [0.3, 0.4) is 0 Å². The van der Waals surface area contributed by atoms with Gasteiger partial charge in [-0.1, -0.05) is 30.7 Å². The van der Waals surface area contributed by atoms with Crippen molar-refractivity contribution in [3.05, 3.63) is 35.6 Å². The highest BCUT2D eigenvalue weighted by Gasteiger charge is 2.50. The van der Waals surface area contributed by atoms with E-state index in [0.717, 1.165) is 18.2 Å². The van der Waals surface area contributed by atoms with Crippen molar-refractivity contribution in [2.24, 2.45) is 11.3 Å². The minimum Gasteiger partial charge on any atom is -0.367 e. The summed E-state index contributed by atoms with van der Waals surface area (Å²) >= 11 is 0. The Morgan fingerprint density at radius 2 is 1.77 bits per heavy atom. The highest BCUT2D eigenvalue weighted by atomic mass is 15.2. The van der Waals surface area contributed by atoms with Gasteiger partial charge in [0.1, 0.15) is 0 Å². The van der Waals surface area contributed by atoms with Crippen LogP contribution in [0.1, 0.15) is 74.7 Å². The summed E-state index contributed by atoms with van der Waals surface area (Å²) in [6, 6.07) is 0. The van der Waals surface area contributed by atoms with E-state index in [-0.39, 0.29) is 5.54 Å². The van der Waals surface area contributed by atoms with E-state index in [0.29, 0.717) is 5.41 Å². The second kappa shape index (κ2) is 7.06. The number of hydrogen-bond acceptors (Lipinski definition) is 1. The van der Waals surface area contributed by atoms with Crippen molar-refractivity contribution in [3.8, 4) is 0 Å².